The SMILES string of the molecule is CC(C)C1CCC2C(CCC3C(C)(COC(=O)NCC4(C)CC(NC(=O)OCc5ccc(-c6cc(Br)c([NH2+]c7ccc(O)c8c7C(=O)c7ccccc7C8=O)c(Br)c6)cc5)CC(C)(C)C4)CCCC23C)C1. The largest absolute Gasteiger partial charge is 0.507 e. The number of amides is 2. The summed E-state index contributed by atoms with van der Waals surface area (Å²) in [5.74, 6) is 2.92. The van der Waals surface area contributed by atoms with Gasteiger partial charge in [-0.3, -0.25) is 14.9 Å². The Morgan fingerprint density at radius 1 is 0.803 bits per heavy atom. The summed E-state index contributed by atoms with van der Waals surface area (Å²) in [5, 5.41) is 18.8. The van der Waals surface area contributed by atoms with Crippen LogP contribution in [-0.2, 0) is 16.1 Å². The van der Waals surface area contributed by atoms with E-state index in [-0.39, 0.29) is 69.0 Å². The van der Waals surface area contributed by atoms with Crippen LogP contribution in [0.5, 0.6) is 5.75 Å². The molecule has 4 aromatic carbocycles. The minimum atomic E-state index is -0.467. The second-order valence-corrected chi connectivity index (χ2v) is 25.8. The van der Waals surface area contributed by atoms with Gasteiger partial charge in [0.15, 0.2) is 11.5 Å². The Hall–Kier alpha value is -4.52. The van der Waals surface area contributed by atoms with Crippen molar-refractivity contribution in [3.63, 3.8) is 0 Å². The fourth-order valence-corrected chi connectivity index (χ4v) is 16.2. The number of hydrogen-bond donors (Lipinski definition) is 4. The van der Waals surface area contributed by atoms with Gasteiger partial charge in [-0.05, 0) is 177 Å². The van der Waals surface area contributed by atoms with E-state index in [9.17, 15) is 24.3 Å². The Balaban J connectivity index is 0.763. The van der Waals surface area contributed by atoms with Crippen molar-refractivity contribution in [2.24, 2.45) is 51.2 Å². The fourth-order valence-electron chi connectivity index (χ4n) is 14.8. The number of fused-ring (bicyclic) bond motifs is 5. The smallest absolute Gasteiger partial charge is 0.407 e. The van der Waals surface area contributed by atoms with Gasteiger partial charge in [0, 0.05) is 35.2 Å². The van der Waals surface area contributed by atoms with E-state index < -0.39 is 6.09 Å². The summed E-state index contributed by atoms with van der Waals surface area (Å²) in [7, 11) is 0. The van der Waals surface area contributed by atoms with Gasteiger partial charge < -0.3 is 25.2 Å². The van der Waals surface area contributed by atoms with Crippen molar-refractivity contribution >= 4 is 67.0 Å². The Morgan fingerprint density at radius 3 is 2.18 bits per heavy atom. The van der Waals surface area contributed by atoms with Crippen LogP contribution in [0, 0.1) is 51.2 Å². The summed E-state index contributed by atoms with van der Waals surface area (Å²) in [6.45, 7) is 17.5. The molecule has 8 atom stereocenters. The van der Waals surface area contributed by atoms with Crippen molar-refractivity contribution in [1.29, 1.82) is 0 Å². The predicted molar refractivity (Wildman–Crippen MR) is 284 cm³/mol. The Bertz CT molecular complexity index is 2700. The van der Waals surface area contributed by atoms with E-state index in [0.717, 1.165) is 74.3 Å². The number of hydrogen-bond acceptors (Lipinski definition) is 7. The molecule has 378 valence electrons. The van der Waals surface area contributed by atoms with Crippen LogP contribution in [0.2, 0.25) is 0 Å². The molecule has 0 aliphatic heterocycles. The number of quaternary nitrogens is 1. The van der Waals surface area contributed by atoms with Crippen LogP contribution in [0.25, 0.3) is 11.1 Å². The van der Waals surface area contributed by atoms with Crippen LogP contribution in [0.4, 0.5) is 21.0 Å². The number of carbonyl (C=O) groups is 4. The maximum absolute atomic E-state index is 13.7. The molecule has 4 fully saturated rings. The monoisotopic (exact) mass is 1090 g/mol. The summed E-state index contributed by atoms with van der Waals surface area (Å²) >= 11 is 7.47. The molecule has 8 unspecified atom stereocenters. The number of nitrogens with two attached hydrogens (primary N) is 1. The summed E-state index contributed by atoms with van der Waals surface area (Å²) < 4.78 is 13.4. The maximum Gasteiger partial charge on any atom is 0.407 e. The summed E-state index contributed by atoms with van der Waals surface area (Å²) in [6, 6.07) is 21.5. The van der Waals surface area contributed by atoms with Crippen molar-refractivity contribution in [1.82, 2.24) is 10.6 Å². The molecule has 12 heteroatoms. The zero-order chi connectivity index (χ0) is 50.6. The first-order chi connectivity index (χ1) is 33.7. The van der Waals surface area contributed by atoms with E-state index in [1.54, 1.807) is 30.3 Å². The fraction of sp³-hybridized carbons (Fsp3) is 0.525. The molecular weight excluding hydrogens is 1020 g/mol. The van der Waals surface area contributed by atoms with Crippen molar-refractivity contribution in [3.05, 3.63) is 110 Å². The van der Waals surface area contributed by atoms with Gasteiger partial charge >= 0.3 is 12.2 Å². The topological polar surface area (TPSA) is 148 Å². The zero-order valence-electron chi connectivity index (χ0n) is 42.5. The predicted octanol–water partition coefficient (Wildman–Crippen LogP) is 13.7. The standard InChI is InChI=1S/C59H71Br2N3O7/c1-34(2)37-17-19-43-38(25-37)18-22-48-58(6,23-10-24-59(43,48)7)33-71-54(68)62-32-57(5)29-40(28-56(3,4)31-57)63-55(69)70-30-35-13-15-36(16-14-35)39-26-44(60)51(45(61)27-39)64-46-20-21-47(65)50-49(46)52(66)41-11-8-9-12-42(41)53(50)67/h8-9,11-16,20-21,26-27,34,37-38,40,43,48,64-65H,10,17-19,22-25,28-33H2,1-7H3,(H,62,68)(H,63,69)/p+1. The van der Waals surface area contributed by atoms with Crippen molar-refractivity contribution in [3.8, 4) is 16.9 Å². The first-order valence-electron chi connectivity index (χ1n) is 26.0. The summed E-state index contributed by atoms with van der Waals surface area (Å²) in [5.41, 5.74) is 4.78. The molecule has 0 bridgehead atoms. The number of rotatable bonds is 11. The van der Waals surface area contributed by atoms with Crippen molar-refractivity contribution in [2.75, 3.05) is 13.2 Å². The number of ether oxygens (including phenoxy) is 2. The van der Waals surface area contributed by atoms with Crippen LogP contribution in [0.3, 0.4) is 0 Å². The highest BCUT2D eigenvalue weighted by molar-refractivity contribution is 9.11. The lowest BCUT2D eigenvalue weighted by molar-refractivity contribution is -0.480. The Labute approximate surface area is 436 Å². The van der Waals surface area contributed by atoms with Gasteiger partial charge in [-0.1, -0.05) is 103 Å². The lowest BCUT2D eigenvalue weighted by atomic mass is 9.44. The third kappa shape index (κ3) is 10.5. The second kappa shape index (κ2) is 20.1. The number of alkyl carbamates (subject to hydrolysis) is 2. The van der Waals surface area contributed by atoms with Gasteiger partial charge in [0.2, 0.25) is 5.78 Å². The molecule has 0 aromatic heterocycles. The molecule has 4 aromatic rings. The van der Waals surface area contributed by atoms with E-state index in [1.165, 1.54) is 51.0 Å². The first kappa shape index (κ1) is 51.4. The minimum Gasteiger partial charge on any atom is -0.507 e. The molecule has 71 heavy (non-hydrogen) atoms. The number of halogens is 2. The van der Waals surface area contributed by atoms with Crippen molar-refractivity contribution < 1.29 is 39.1 Å². The molecular formula is C59H72Br2N3O7+. The molecule has 9 rings (SSSR count). The normalized spacial score (nSPS) is 28.7. The van der Waals surface area contributed by atoms with Gasteiger partial charge in [0.05, 0.1) is 26.7 Å². The highest BCUT2D eigenvalue weighted by Gasteiger charge is 2.57. The molecule has 10 nitrogen and oxygen atoms in total. The Morgan fingerprint density at radius 2 is 1.49 bits per heavy atom. The number of benzene rings is 4. The Kier molecular flexibility index (Phi) is 14.5. The average molecular weight is 1100 g/mol. The van der Waals surface area contributed by atoms with E-state index in [0.29, 0.717) is 42.2 Å². The van der Waals surface area contributed by atoms with Gasteiger partial charge in [-0.2, -0.15) is 0 Å². The molecule has 5 N–H and O–H groups in total. The molecule has 0 saturated heterocycles. The molecule has 5 aliphatic carbocycles. The van der Waals surface area contributed by atoms with Gasteiger partial charge in [-0.15, -0.1) is 0 Å². The van der Waals surface area contributed by atoms with Gasteiger partial charge in [0.1, 0.15) is 18.0 Å². The van der Waals surface area contributed by atoms with E-state index in [2.05, 4.69) is 91.0 Å². The molecule has 0 spiro atoms. The number of ketones is 2. The highest BCUT2D eigenvalue weighted by Crippen LogP contribution is 2.64. The highest BCUT2D eigenvalue weighted by atomic mass is 79.9. The molecule has 0 heterocycles. The van der Waals surface area contributed by atoms with Crippen LogP contribution >= 0.6 is 31.9 Å². The van der Waals surface area contributed by atoms with E-state index in [4.69, 9.17) is 9.47 Å². The van der Waals surface area contributed by atoms with E-state index >= 15 is 0 Å². The third-order valence-electron chi connectivity index (χ3n) is 17.8. The number of aromatic hydroxyl groups is 1. The summed E-state index contributed by atoms with van der Waals surface area (Å²) in [6.07, 6.45) is 11.9. The molecule has 2 amide bonds. The van der Waals surface area contributed by atoms with Crippen LogP contribution in [0.1, 0.15) is 157 Å². The summed E-state index contributed by atoms with van der Waals surface area (Å²) in [4.78, 5) is 53.9. The lowest BCUT2D eigenvalue weighted by Crippen LogP contribution is -2.72. The minimum absolute atomic E-state index is 0.0124. The first-order valence-corrected chi connectivity index (χ1v) is 27.6. The number of phenolic OH excluding ortho intramolecular Hbond substituents is 1. The zero-order valence-corrected chi connectivity index (χ0v) is 45.7. The van der Waals surface area contributed by atoms with Gasteiger partial charge in [-0.25, -0.2) is 9.59 Å². The maximum atomic E-state index is 13.7. The second-order valence-electron chi connectivity index (χ2n) is 24.1. The molecule has 4 saturated carbocycles. The molecule has 5 aliphatic rings. The van der Waals surface area contributed by atoms with Crippen LogP contribution in [-0.4, -0.2) is 48.1 Å². The van der Waals surface area contributed by atoms with Crippen LogP contribution < -0.4 is 16.0 Å². The molecule has 0 radical (unpaired) electrons. The quantitative estimate of drug-likeness (QED) is 0.0760. The number of nitrogens with one attached hydrogen (secondary N) is 2. The third-order valence-corrected chi connectivity index (χ3v) is 19.1. The van der Waals surface area contributed by atoms with Gasteiger partial charge in [0.25, 0.3) is 0 Å². The van der Waals surface area contributed by atoms with Crippen molar-refractivity contribution in [2.45, 2.75) is 132 Å². The van der Waals surface area contributed by atoms with E-state index in [1.807, 2.05) is 41.7 Å². The average Bonchev–Trinajstić information content (AvgIpc) is 3.32. The number of carbonyl (C=O) groups excluding carboxylic acids is 4. The number of phenols is 1. The van der Waals surface area contributed by atoms with Crippen LogP contribution in [0.15, 0.2) is 81.7 Å². The lowest BCUT2D eigenvalue weighted by Gasteiger charge is -2.61.